The molecule has 1 heterocycles. The molecule has 0 bridgehead atoms. The average molecular weight is 276 g/mol. The van der Waals surface area contributed by atoms with Crippen LogP contribution >= 0.6 is 0 Å². The van der Waals surface area contributed by atoms with Gasteiger partial charge in [0.2, 0.25) is 5.69 Å². The lowest BCUT2D eigenvalue weighted by molar-refractivity contribution is -0.432. The van der Waals surface area contributed by atoms with E-state index in [0.29, 0.717) is 5.39 Å². The average Bonchev–Trinajstić information content (AvgIpc) is 2.63. The minimum absolute atomic E-state index is 0.0288. The van der Waals surface area contributed by atoms with Crippen LogP contribution in [0.1, 0.15) is 19.4 Å². The first-order valence-electron chi connectivity index (χ1n) is 6.10. The zero-order chi connectivity index (χ0) is 13.8. The van der Waals surface area contributed by atoms with Crippen LogP contribution in [0.3, 0.4) is 0 Å². The molecule has 2 aromatic carbocycles. The fourth-order valence-electron chi connectivity index (χ4n) is 2.85. The van der Waals surface area contributed by atoms with Gasteiger partial charge in [-0.15, -0.1) is 0 Å². The number of benzene rings is 2. The highest BCUT2D eigenvalue weighted by atomic mass is 32.2. The smallest absolute Gasteiger partial charge is 0.282 e. The molecule has 0 saturated carbocycles. The summed E-state index contributed by atoms with van der Waals surface area (Å²) in [4.78, 5) is -0.0288. The Balaban J connectivity index is 2.50. The lowest BCUT2D eigenvalue weighted by Crippen LogP contribution is -2.09. The first kappa shape index (κ1) is 12.3. The van der Waals surface area contributed by atoms with Crippen LogP contribution in [-0.2, 0) is 10.1 Å². The molecule has 5 heteroatoms. The fraction of sp³-hybridized carbons (Fsp3) is 0.214. The van der Waals surface area contributed by atoms with Gasteiger partial charge in [-0.1, -0.05) is 12.1 Å². The molecule has 0 unspecified atom stereocenters. The van der Waals surface area contributed by atoms with Crippen LogP contribution in [0.4, 0.5) is 5.69 Å². The number of hydrogen-bond donors (Lipinski definition) is 1. The Kier molecular flexibility index (Phi) is 2.52. The second-order valence-electron chi connectivity index (χ2n) is 4.62. The Hall–Kier alpha value is -1.72. The Morgan fingerprint density at radius 1 is 1.21 bits per heavy atom. The lowest BCUT2D eigenvalue weighted by Gasteiger charge is -2.04. The second kappa shape index (κ2) is 3.88. The molecule has 4 nitrogen and oxygen atoms in total. The Bertz CT molecular complexity index is 835. The Labute approximate surface area is 111 Å². The maximum atomic E-state index is 11.5. The topological polar surface area (TPSA) is 57.4 Å². The highest BCUT2D eigenvalue weighted by Gasteiger charge is 2.30. The highest BCUT2D eigenvalue weighted by molar-refractivity contribution is 7.86. The lowest BCUT2D eigenvalue weighted by atomic mass is 10.0. The van der Waals surface area contributed by atoms with Crippen LogP contribution < -0.4 is 0 Å². The summed E-state index contributed by atoms with van der Waals surface area (Å²) in [5.41, 5.74) is 3.13. The van der Waals surface area contributed by atoms with E-state index in [-0.39, 0.29) is 4.90 Å². The summed E-state index contributed by atoms with van der Waals surface area (Å²) in [6.45, 7) is 4.89. The highest BCUT2D eigenvalue weighted by Crippen LogP contribution is 2.38. The van der Waals surface area contributed by atoms with E-state index in [2.05, 4.69) is 11.5 Å². The van der Waals surface area contributed by atoms with E-state index in [4.69, 9.17) is 0 Å². The molecular formula is C14H14NO3S+. The van der Waals surface area contributed by atoms with Crippen molar-refractivity contribution in [2.24, 2.45) is 0 Å². The van der Waals surface area contributed by atoms with Gasteiger partial charge in [0.15, 0.2) is 5.71 Å². The molecule has 0 atom stereocenters. The van der Waals surface area contributed by atoms with E-state index in [1.54, 1.807) is 12.1 Å². The van der Waals surface area contributed by atoms with Crippen LogP contribution in [0.5, 0.6) is 0 Å². The molecule has 0 radical (unpaired) electrons. The maximum Gasteiger partial charge on any atom is 0.295 e. The van der Waals surface area contributed by atoms with E-state index >= 15 is 0 Å². The summed E-state index contributed by atoms with van der Waals surface area (Å²) in [6, 6.07) is 8.76. The number of rotatable bonds is 2. The van der Waals surface area contributed by atoms with E-state index in [1.165, 1.54) is 6.07 Å². The molecule has 98 valence electrons. The minimum Gasteiger partial charge on any atom is -0.282 e. The van der Waals surface area contributed by atoms with Crippen molar-refractivity contribution in [3.63, 3.8) is 0 Å². The SMILES string of the molecule is CC[N+]1=C(C)c2cccc3c(S(=O)(=O)O)ccc1c23. The molecule has 3 rings (SSSR count). The first-order chi connectivity index (χ1) is 8.95. The van der Waals surface area contributed by atoms with Gasteiger partial charge in [0.1, 0.15) is 11.4 Å². The Morgan fingerprint density at radius 2 is 1.95 bits per heavy atom. The van der Waals surface area contributed by atoms with Gasteiger partial charge in [0.25, 0.3) is 10.1 Å². The van der Waals surface area contributed by atoms with Crippen molar-refractivity contribution in [2.45, 2.75) is 18.7 Å². The van der Waals surface area contributed by atoms with Gasteiger partial charge in [-0.3, -0.25) is 4.55 Å². The van der Waals surface area contributed by atoms with Gasteiger partial charge in [0, 0.05) is 18.4 Å². The predicted molar refractivity (Wildman–Crippen MR) is 74.0 cm³/mol. The molecule has 0 saturated heterocycles. The quantitative estimate of drug-likeness (QED) is 0.677. The van der Waals surface area contributed by atoms with E-state index in [1.807, 2.05) is 19.1 Å². The molecule has 0 amide bonds. The zero-order valence-corrected chi connectivity index (χ0v) is 11.5. The third kappa shape index (κ3) is 1.62. The monoisotopic (exact) mass is 276 g/mol. The van der Waals surface area contributed by atoms with Gasteiger partial charge in [-0.25, -0.2) is 0 Å². The molecule has 1 N–H and O–H groups in total. The summed E-state index contributed by atoms with van der Waals surface area (Å²) in [5.74, 6) is 0. The summed E-state index contributed by atoms with van der Waals surface area (Å²) < 4.78 is 34.4. The van der Waals surface area contributed by atoms with E-state index < -0.39 is 10.1 Å². The summed E-state index contributed by atoms with van der Waals surface area (Å²) in [7, 11) is -4.20. The van der Waals surface area contributed by atoms with Crippen LogP contribution in [0.25, 0.3) is 10.8 Å². The van der Waals surface area contributed by atoms with E-state index in [0.717, 1.165) is 28.9 Å². The van der Waals surface area contributed by atoms with Gasteiger partial charge in [0.05, 0.1) is 10.9 Å². The fourth-order valence-corrected chi connectivity index (χ4v) is 3.53. The summed E-state index contributed by atoms with van der Waals surface area (Å²) in [5, 5.41) is 1.48. The van der Waals surface area contributed by atoms with Crippen LogP contribution in [0.15, 0.2) is 35.2 Å². The summed E-state index contributed by atoms with van der Waals surface area (Å²) >= 11 is 0. The van der Waals surface area contributed by atoms with Gasteiger partial charge < -0.3 is 0 Å². The summed E-state index contributed by atoms with van der Waals surface area (Å²) in [6.07, 6.45) is 0. The standard InChI is InChI=1S/C14H13NO3S/c1-3-15-9(2)10-5-4-6-11-13(19(16,17)18)8-7-12(15)14(10)11/h4-8H,3H2,1-2H3/p+1. The van der Waals surface area contributed by atoms with Crippen molar-refractivity contribution < 1.29 is 17.5 Å². The van der Waals surface area contributed by atoms with Crippen molar-refractivity contribution in [1.29, 1.82) is 0 Å². The molecule has 1 aliphatic rings. The first-order valence-corrected chi connectivity index (χ1v) is 7.54. The molecule has 0 aromatic heterocycles. The molecule has 1 aliphatic heterocycles. The molecular weight excluding hydrogens is 262 g/mol. The van der Waals surface area contributed by atoms with Crippen molar-refractivity contribution in [3.8, 4) is 0 Å². The molecule has 2 aromatic rings. The van der Waals surface area contributed by atoms with Gasteiger partial charge in [-0.2, -0.15) is 13.0 Å². The third-order valence-electron chi connectivity index (χ3n) is 3.66. The molecule has 0 aliphatic carbocycles. The van der Waals surface area contributed by atoms with Gasteiger partial charge >= 0.3 is 0 Å². The molecule has 0 spiro atoms. The van der Waals surface area contributed by atoms with E-state index in [9.17, 15) is 13.0 Å². The van der Waals surface area contributed by atoms with Gasteiger partial charge in [-0.05, 0) is 19.1 Å². The predicted octanol–water partition coefficient (Wildman–Crippen LogP) is 2.57. The molecule has 0 fully saturated rings. The van der Waals surface area contributed by atoms with Crippen LogP contribution in [-0.4, -0.2) is 29.8 Å². The number of nitrogens with zero attached hydrogens (tertiary/aromatic N) is 1. The van der Waals surface area contributed by atoms with Crippen LogP contribution in [0.2, 0.25) is 0 Å². The molecule has 19 heavy (non-hydrogen) atoms. The number of hydrogen-bond acceptors (Lipinski definition) is 2. The Morgan fingerprint density at radius 3 is 2.58 bits per heavy atom. The van der Waals surface area contributed by atoms with Crippen molar-refractivity contribution in [3.05, 3.63) is 35.9 Å². The maximum absolute atomic E-state index is 11.5. The van der Waals surface area contributed by atoms with Crippen molar-refractivity contribution in [2.75, 3.05) is 6.54 Å². The van der Waals surface area contributed by atoms with Crippen molar-refractivity contribution >= 4 is 32.3 Å². The zero-order valence-electron chi connectivity index (χ0n) is 10.7. The van der Waals surface area contributed by atoms with Crippen LogP contribution in [0, 0.1) is 0 Å². The minimum atomic E-state index is -4.20. The normalized spacial score (nSPS) is 14.5. The third-order valence-corrected chi connectivity index (χ3v) is 4.57. The van der Waals surface area contributed by atoms with Crippen molar-refractivity contribution in [1.82, 2.24) is 0 Å². The second-order valence-corrected chi connectivity index (χ2v) is 6.01. The largest absolute Gasteiger partial charge is 0.295 e.